The minimum absolute atomic E-state index is 0.00571. The van der Waals surface area contributed by atoms with Crippen LogP contribution < -0.4 is 0 Å². The van der Waals surface area contributed by atoms with Crippen LogP contribution in [-0.2, 0) is 18.3 Å². The molecule has 3 heterocycles. The maximum Gasteiger partial charge on any atom is 0.112 e. The Hall–Kier alpha value is -2.21. The van der Waals surface area contributed by atoms with Gasteiger partial charge >= 0.3 is 0 Å². The van der Waals surface area contributed by atoms with E-state index >= 15 is 0 Å². The molecular formula is C20H21ClN4O. The highest BCUT2D eigenvalue weighted by Gasteiger charge is 2.23. The summed E-state index contributed by atoms with van der Waals surface area (Å²) in [6.45, 7) is 3.35. The summed E-state index contributed by atoms with van der Waals surface area (Å²) in [4.78, 5) is 7.03. The third-order valence-corrected chi connectivity index (χ3v) is 4.82. The molecule has 0 N–H and O–H groups in total. The van der Waals surface area contributed by atoms with E-state index < -0.39 is 0 Å². The summed E-state index contributed by atoms with van der Waals surface area (Å²) in [5.41, 5.74) is 4.31. The summed E-state index contributed by atoms with van der Waals surface area (Å²) in [5, 5.41) is 4.97. The molecule has 0 saturated carbocycles. The maximum atomic E-state index is 6.08. The molecule has 26 heavy (non-hydrogen) atoms. The van der Waals surface area contributed by atoms with Gasteiger partial charge in [-0.3, -0.25) is 14.6 Å². The first-order valence-electron chi connectivity index (χ1n) is 8.71. The molecule has 0 aliphatic carbocycles. The highest BCUT2D eigenvalue weighted by molar-refractivity contribution is 6.30. The van der Waals surface area contributed by atoms with Crippen molar-refractivity contribution in [2.45, 2.75) is 12.6 Å². The molecule has 0 amide bonds. The van der Waals surface area contributed by atoms with E-state index in [9.17, 15) is 0 Å². The van der Waals surface area contributed by atoms with Gasteiger partial charge in [0.15, 0.2) is 0 Å². The van der Waals surface area contributed by atoms with Crippen molar-refractivity contribution in [3.63, 3.8) is 0 Å². The highest BCUT2D eigenvalue weighted by atomic mass is 35.5. The summed E-state index contributed by atoms with van der Waals surface area (Å²) in [7, 11) is 1.94. The van der Waals surface area contributed by atoms with Gasteiger partial charge in [0.1, 0.15) is 6.10 Å². The van der Waals surface area contributed by atoms with Crippen LogP contribution in [-0.4, -0.2) is 39.4 Å². The number of rotatable bonds is 4. The van der Waals surface area contributed by atoms with Crippen LogP contribution in [0.2, 0.25) is 5.02 Å². The van der Waals surface area contributed by atoms with Crippen molar-refractivity contribution in [1.29, 1.82) is 0 Å². The standard InChI is InChI=1S/C20H21ClN4O/c1-24-12-15(10-23-24)13-25-7-8-26-20(14-25)19-6-5-17(11-22-19)16-3-2-4-18(21)9-16/h2-6,9-12,20H,7-8,13-14H2,1H3/t20-/m1/s1. The zero-order valence-electron chi connectivity index (χ0n) is 14.7. The largest absolute Gasteiger partial charge is 0.369 e. The first kappa shape index (κ1) is 17.2. The number of nitrogens with zero attached hydrogens (tertiary/aromatic N) is 4. The van der Waals surface area contributed by atoms with Crippen molar-refractivity contribution in [2.24, 2.45) is 7.05 Å². The molecule has 0 spiro atoms. The van der Waals surface area contributed by atoms with Crippen LogP contribution in [0.4, 0.5) is 0 Å². The summed E-state index contributed by atoms with van der Waals surface area (Å²) < 4.78 is 7.79. The number of aryl methyl sites for hydroxylation is 1. The van der Waals surface area contributed by atoms with Crippen molar-refractivity contribution in [3.8, 4) is 11.1 Å². The number of ether oxygens (including phenoxy) is 1. The molecule has 1 fully saturated rings. The van der Waals surface area contributed by atoms with Gasteiger partial charge in [0.05, 0.1) is 18.5 Å². The van der Waals surface area contributed by atoms with Crippen LogP contribution in [0.15, 0.2) is 55.0 Å². The second kappa shape index (κ2) is 7.58. The van der Waals surface area contributed by atoms with E-state index in [4.69, 9.17) is 16.3 Å². The number of morpholine rings is 1. The summed E-state index contributed by atoms with van der Waals surface area (Å²) in [6.07, 6.45) is 5.86. The van der Waals surface area contributed by atoms with Crippen molar-refractivity contribution in [3.05, 3.63) is 71.3 Å². The molecular weight excluding hydrogens is 348 g/mol. The molecule has 5 nitrogen and oxygen atoms in total. The summed E-state index contributed by atoms with van der Waals surface area (Å²) in [5.74, 6) is 0. The number of pyridine rings is 1. The van der Waals surface area contributed by atoms with Crippen LogP contribution >= 0.6 is 11.6 Å². The van der Waals surface area contributed by atoms with Gasteiger partial charge in [0.25, 0.3) is 0 Å². The first-order valence-corrected chi connectivity index (χ1v) is 9.08. The predicted octanol–water partition coefficient (Wildman–Crippen LogP) is 3.71. The molecule has 1 aromatic carbocycles. The zero-order chi connectivity index (χ0) is 17.9. The van der Waals surface area contributed by atoms with E-state index in [1.54, 1.807) is 0 Å². The monoisotopic (exact) mass is 368 g/mol. The molecule has 1 aliphatic heterocycles. The van der Waals surface area contributed by atoms with Crippen LogP contribution in [0.1, 0.15) is 17.4 Å². The Morgan fingerprint density at radius 1 is 1.19 bits per heavy atom. The van der Waals surface area contributed by atoms with Gasteiger partial charge in [0.2, 0.25) is 0 Å². The van der Waals surface area contributed by atoms with Gasteiger partial charge in [0, 0.05) is 55.2 Å². The Kier molecular flexibility index (Phi) is 5.02. The lowest BCUT2D eigenvalue weighted by Gasteiger charge is -2.32. The van der Waals surface area contributed by atoms with E-state index in [2.05, 4.69) is 33.3 Å². The van der Waals surface area contributed by atoms with Crippen molar-refractivity contribution < 1.29 is 4.74 Å². The fourth-order valence-electron chi connectivity index (χ4n) is 3.27. The Bertz CT molecular complexity index is 878. The lowest BCUT2D eigenvalue weighted by Crippen LogP contribution is -2.38. The zero-order valence-corrected chi connectivity index (χ0v) is 15.4. The fourth-order valence-corrected chi connectivity index (χ4v) is 3.46. The number of halogens is 1. The average molecular weight is 369 g/mol. The maximum absolute atomic E-state index is 6.08. The fraction of sp³-hybridized carbons (Fsp3) is 0.300. The third-order valence-electron chi connectivity index (χ3n) is 4.59. The summed E-state index contributed by atoms with van der Waals surface area (Å²) in [6, 6.07) is 11.9. The molecule has 6 heteroatoms. The second-order valence-corrected chi connectivity index (χ2v) is 7.04. The molecule has 3 aromatic rings. The third kappa shape index (κ3) is 3.96. The lowest BCUT2D eigenvalue weighted by atomic mass is 10.1. The summed E-state index contributed by atoms with van der Waals surface area (Å²) >= 11 is 6.08. The van der Waals surface area contributed by atoms with E-state index in [0.29, 0.717) is 6.61 Å². The predicted molar refractivity (Wildman–Crippen MR) is 102 cm³/mol. The Morgan fingerprint density at radius 2 is 2.12 bits per heavy atom. The highest BCUT2D eigenvalue weighted by Crippen LogP contribution is 2.26. The number of hydrogen-bond acceptors (Lipinski definition) is 4. The van der Waals surface area contributed by atoms with Crippen LogP contribution in [0.5, 0.6) is 0 Å². The van der Waals surface area contributed by atoms with E-state index in [1.165, 1.54) is 5.56 Å². The van der Waals surface area contributed by atoms with Crippen molar-refractivity contribution >= 4 is 11.6 Å². The van der Waals surface area contributed by atoms with Crippen LogP contribution in [0.25, 0.3) is 11.1 Å². The first-order chi connectivity index (χ1) is 12.7. The molecule has 2 aromatic heterocycles. The normalized spacial score (nSPS) is 18.2. The molecule has 1 saturated heterocycles. The smallest absolute Gasteiger partial charge is 0.112 e. The minimum atomic E-state index is -0.00571. The van der Waals surface area contributed by atoms with Crippen LogP contribution in [0.3, 0.4) is 0 Å². The molecule has 1 atom stereocenters. The number of hydrogen-bond donors (Lipinski definition) is 0. The molecule has 0 radical (unpaired) electrons. The minimum Gasteiger partial charge on any atom is -0.369 e. The van der Waals surface area contributed by atoms with E-state index in [1.807, 2.05) is 48.4 Å². The Balaban J connectivity index is 1.45. The van der Waals surface area contributed by atoms with Gasteiger partial charge in [-0.1, -0.05) is 29.8 Å². The molecule has 0 unspecified atom stereocenters. The second-order valence-electron chi connectivity index (χ2n) is 6.60. The van der Waals surface area contributed by atoms with Crippen molar-refractivity contribution in [1.82, 2.24) is 19.7 Å². The average Bonchev–Trinajstić information content (AvgIpc) is 3.07. The quantitative estimate of drug-likeness (QED) is 0.704. The van der Waals surface area contributed by atoms with Gasteiger partial charge < -0.3 is 4.74 Å². The number of aromatic nitrogens is 3. The van der Waals surface area contributed by atoms with Crippen molar-refractivity contribution in [2.75, 3.05) is 19.7 Å². The van der Waals surface area contributed by atoms with Gasteiger partial charge in [-0.25, -0.2) is 0 Å². The number of benzene rings is 1. The van der Waals surface area contributed by atoms with Gasteiger partial charge in [-0.2, -0.15) is 5.10 Å². The van der Waals surface area contributed by atoms with Crippen LogP contribution in [0, 0.1) is 0 Å². The molecule has 0 bridgehead atoms. The van der Waals surface area contributed by atoms with E-state index in [0.717, 1.165) is 41.5 Å². The Morgan fingerprint density at radius 3 is 2.85 bits per heavy atom. The molecule has 4 rings (SSSR count). The Labute approximate surface area is 158 Å². The van der Waals surface area contributed by atoms with E-state index in [-0.39, 0.29) is 6.10 Å². The molecule has 134 valence electrons. The SMILES string of the molecule is Cn1cc(CN2CCO[C@@H](c3ccc(-c4cccc(Cl)c4)cn3)C2)cn1. The lowest BCUT2D eigenvalue weighted by molar-refractivity contribution is -0.0349. The van der Waals surface area contributed by atoms with Gasteiger partial charge in [-0.15, -0.1) is 0 Å². The molecule has 1 aliphatic rings. The topological polar surface area (TPSA) is 43.2 Å². The van der Waals surface area contributed by atoms with Gasteiger partial charge in [-0.05, 0) is 23.8 Å².